The molecule has 7 nitrogen and oxygen atoms in total. The second-order valence-corrected chi connectivity index (χ2v) is 11.2. The number of rotatable bonds is 9. The van der Waals surface area contributed by atoms with Crippen LogP contribution >= 0.6 is 32.0 Å². The predicted molar refractivity (Wildman–Crippen MR) is 144 cm³/mol. The highest BCUT2D eigenvalue weighted by Gasteiger charge is 2.31. The highest BCUT2D eigenvalue weighted by Crippen LogP contribution is 2.52. The van der Waals surface area contributed by atoms with E-state index in [0.29, 0.717) is 17.1 Å². The molecule has 3 N–H and O–H groups in total. The lowest BCUT2D eigenvalue weighted by atomic mass is 10.1. The molecule has 1 atom stereocenters. The van der Waals surface area contributed by atoms with Crippen molar-refractivity contribution in [1.82, 2.24) is 0 Å². The van der Waals surface area contributed by atoms with E-state index in [9.17, 15) is 29.6 Å². The number of nitrogens with zero attached hydrogens (tertiary/aromatic N) is 1. The van der Waals surface area contributed by atoms with Gasteiger partial charge in [-0.25, -0.2) is 0 Å². The number of thiol groups is 1. The van der Waals surface area contributed by atoms with Crippen LogP contribution in [-0.4, -0.2) is 31.3 Å². The molecule has 0 fully saturated rings. The molecule has 0 spiro atoms. The van der Waals surface area contributed by atoms with Crippen LogP contribution < -0.4 is 0 Å². The number of thioether (sulfide) groups is 1. The van der Waals surface area contributed by atoms with E-state index in [4.69, 9.17) is 0 Å². The van der Waals surface area contributed by atoms with Gasteiger partial charge in [-0.15, -0.1) is 11.8 Å². The number of nitro groups is 1. The van der Waals surface area contributed by atoms with Gasteiger partial charge in [-0.1, -0.05) is 59.7 Å². The number of benzene rings is 3. The summed E-state index contributed by atoms with van der Waals surface area (Å²) in [5, 5.41) is 20.8. The first-order valence-electron chi connectivity index (χ1n) is 10.9. The van der Waals surface area contributed by atoms with Gasteiger partial charge in [0.15, 0.2) is 5.85 Å². The summed E-state index contributed by atoms with van der Waals surface area (Å²) in [5.74, 6) is -0.556. The molecule has 0 aromatic heterocycles. The van der Waals surface area contributed by atoms with E-state index in [0.717, 1.165) is 29.4 Å². The number of nitro benzene ring substituents is 1. The van der Waals surface area contributed by atoms with Crippen LogP contribution in [0, 0.1) is 24.0 Å². The van der Waals surface area contributed by atoms with E-state index in [1.807, 2.05) is 31.2 Å². The fourth-order valence-electron chi connectivity index (χ4n) is 3.08. The molecule has 0 aliphatic carbocycles. The van der Waals surface area contributed by atoms with Crippen LogP contribution in [0.5, 0.6) is 0 Å². The highest BCUT2D eigenvalue weighted by molar-refractivity contribution is 7.99. The summed E-state index contributed by atoms with van der Waals surface area (Å²) in [6, 6.07) is 20.3. The van der Waals surface area contributed by atoms with Crippen molar-refractivity contribution in [2.24, 2.45) is 0 Å². The summed E-state index contributed by atoms with van der Waals surface area (Å²) >= 11 is 5.44. The lowest BCUT2D eigenvalue weighted by molar-refractivity contribution is -0.385. The van der Waals surface area contributed by atoms with Crippen molar-refractivity contribution < 1.29 is 24.4 Å². The minimum Gasteiger partial charge on any atom is -0.376 e. The van der Waals surface area contributed by atoms with Gasteiger partial charge in [-0.2, -0.15) is 12.6 Å². The maximum absolute atomic E-state index is 11.4. The van der Waals surface area contributed by atoms with E-state index in [1.54, 1.807) is 0 Å². The van der Waals surface area contributed by atoms with Crippen molar-refractivity contribution in [3.05, 3.63) is 105 Å². The minimum absolute atomic E-state index is 0.128. The van der Waals surface area contributed by atoms with Crippen molar-refractivity contribution in [3.63, 3.8) is 0 Å². The molecule has 0 heterocycles. The molecule has 0 saturated carbocycles. The zero-order valence-corrected chi connectivity index (χ0v) is 22.2. The standard InChI is InChI=1S/C16H18NO6PS.C9H12S/c1-11-2-4-12(5-3-11)8-9-25-15-7-6-13(17(19)20)10-14(15)16(18)24(21,22)23;1-8-2-4-9(5-3-8)6-7-10/h2-7,10,16,18H,8-9H2,1H3,(H2,21,22,23);2-5,10H,6-7H2,1H3. The maximum Gasteiger partial charge on any atom is 0.358 e. The molecule has 0 aliphatic rings. The molecule has 0 aliphatic heterocycles. The average Bonchev–Trinajstić information content (AvgIpc) is 2.81. The van der Waals surface area contributed by atoms with Crippen molar-refractivity contribution in [2.45, 2.75) is 37.4 Å². The topological polar surface area (TPSA) is 121 Å². The van der Waals surface area contributed by atoms with Gasteiger partial charge in [0.1, 0.15) is 0 Å². The number of aryl methyl sites for hydroxylation is 4. The van der Waals surface area contributed by atoms with Gasteiger partial charge in [-0.05, 0) is 49.6 Å². The average molecular weight is 536 g/mol. The third kappa shape index (κ3) is 9.80. The Hall–Kier alpha value is -2.13. The summed E-state index contributed by atoms with van der Waals surface area (Å²) in [7, 11) is -4.83. The van der Waals surface area contributed by atoms with Gasteiger partial charge < -0.3 is 14.9 Å². The Morgan fingerprint density at radius 2 is 1.46 bits per heavy atom. The summed E-state index contributed by atoms with van der Waals surface area (Å²) in [4.78, 5) is 29.0. The van der Waals surface area contributed by atoms with Crippen molar-refractivity contribution in [2.75, 3.05) is 11.5 Å². The van der Waals surface area contributed by atoms with Crippen LogP contribution in [0.1, 0.15) is 33.7 Å². The zero-order valence-electron chi connectivity index (χ0n) is 19.6. The Morgan fingerprint density at radius 3 is 1.91 bits per heavy atom. The van der Waals surface area contributed by atoms with E-state index < -0.39 is 18.4 Å². The Bertz CT molecular complexity index is 1150. The minimum atomic E-state index is -4.83. The normalized spacial score (nSPS) is 11.9. The van der Waals surface area contributed by atoms with Crippen LogP contribution in [0.2, 0.25) is 0 Å². The molecule has 188 valence electrons. The molecule has 1 unspecified atom stereocenters. The van der Waals surface area contributed by atoms with Gasteiger partial charge >= 0.3 is 7.60 Å². The quantitative estimate of drug-likeness (QED) is 0.0888. The van der Waals surface area contributed by atoms with Gasteiger partial charge in [-0.3, -0.25) is 14.7 Å². The third-order valence-corrected chi connectivity index (χ3v) is 7.32. The van der Waals surface area contributed by atoms with Gasteiger partial charge in [0.2, 0.25) is 0 Å². The summed E-state index contributed by atoms with van der Waals surface area (Å²) in [5.41, 5.74) is 4.50. The molecule has 3 rings (SSSR count). The van der Waals surface area contributed by atoms with Crippen LogP contribution in [0.3, 0.4) is 0 Å². The maximum atomic E-state index is 11.4. The van der Waals surface area contributed by atoms with E-state index in [-0.39, 0.29) is 11.3 Å². The monoisotopic (exact) mass is 535 g/mol. The SMILES string of the molecule is Cc1ccc(CCS)cc1.Cc1ccc(CCSc2ccc([N+](=O)[O-])cc2C(O)P(=O)(O)O)cc1. The first-order chi connectivity index (χ1) is 16.5. The van der Waals surface area contributed by atoms with Crippen LogP contribution in [0.15, 0.2) is 71.6 Å². The van der Waals surface area contributed by atoms with Crippen LogP contribution in [0.4, 0.5) is 5.69 Å². The summed E-state index contributed by atoms with van der Waals surface area (Å²) < 4.78 is 11.4. The van der Waals surface area contributed by atoms with Gasteiger partial charge in [0.25, 0.3) is 5.69 Å². The van der Waals surface area contributed by atoms with Crippen molar-refractivity contribution in [1.29, 1.82) is 0 Å². The largest absolute Gasteiger partial charge is 0.376 e. The van der Waals surface area contributed by atoms with Gasteiger partial charge in [0.05, 0.1) is 4.92 Å². The Kier molecular flexibility index (Phi) is 11.5. The number of hydrogen-bond donors (Lipinski definition) is 4. The van der Waals surface area contributed by atoms with Crippen LogP contribution in [-0.2, 0) is 17.4 Å². The molecule has 35 heavy (non-hydrogen) atoms. The predicted octanol–water partition coefficient (Wildman–Crippen LogP) is 5.87. The molecule has 0 bridgehead atoms. The molecule has 0 radical (unpaired) electrons. The van der Waals surface area contributed by atoms with Crippen molar-refractivity contribution >= 4 is 37.7 Å². The van der Waals surface area contributed by atoms with Crippen molar-refractivity contribution in [3.8, 4) is 0 Å². The summed E-state index contributed by atoms with van der Waals surface area (Å²) in [6.07, 6.45) is 1.79. The van der Waals surface area contributed by atoms with E-state index in [2.05, 4.69) is 43.8 Å². The Labute approximate surface area is 215 Å². The van der Waals surface area contributed by atoms with E-state index in [1.165, 1.54) is 35.0 Å². The second-order valence-electron chi connectivity index (χ2n) is 7.99. The number of hydrogen-bond acceptors (Lipinski definition) is 6. The second kappa shape index (κ2) is 13.8. The molecule has 3 aromatic carbocycles. The lowest BCUT2D eigenvalue weighted by Gasteiger charge is -2.16. The van der Waals surface area contributed by atoms with Crippen LogP contribution in [0.25, 0.3) is 0 Å². The Balaban J connectivity index is 0.000000360. The fourth-order valence-corrected chi connectivity index (χ4v) is 5.06. The van der Waals surface area contributed by atoms with E-state index >= 15 is 0 Å². The molecule has 3 aromatic rings. The first-order valence-corrected chi connectivity index (χ1v) is 14.2. The first kappa shape index (κ1) is 29.1. The third-order valence-electron chi connectivity index (χ3n) is 5.09. The smallest absolute Gasteiger partial charge is 0.358 e. The van der Waals surface area contributed by atoms with Gasteiger partial charge in [0, 0.05) is 28.3 Å². The molecular formula is C25H30NO6PS2. The lowest BCUT2D eigenvalue weighted by Crippen LogP contribution is -2.02. The fraction of sp³-hybridized carbons (Fsp3) is 0.280. The highest BCUT2D eigenvalue weighted by atomic mass is 32.2. The summed E-state index contributed by atoms with van der Waals surface area (Å²) in [6.45, 7) is 4.09. The Morgan fingerprint density at radius 1 is 0.943 bits per heavy atom. The molecule has 0 amide bonds. The number of non-ortho nitro benzene ring substituents is 1. The zero-order chi connectivity index (χ0) is 26.0. The molecule has 0 saturated heterocycles. The molecular weight excluding hydrogens is 505 g/mol. The number of aliphatic hydroxyl groups excluding tert-OH is 1. The number of aliphatic hydroxyl groups is 1. The molecule has 10 heteroatoms.